The lowest BCUT2D eigenvalue weighted by molar-refractivity contribution is -0.130. The van der Waals surface area contributed by atoms with Crippen LogP contribution in [0.2, 0.25) is 10.0 Å². The number of benzene rings is 1. The largest absolute Gasteiger partial charge is 0.338 e. The Morgan fingerprint density at radius 3 is 2.54 bits per heavy atom. The number of halogens is 2. The fourth-order valence-electron chi connectivity index (χ4n) is 3.51. The third kappa shape index (κ3) is 4.87. The average Bonchev–Trinajstić information content (AvgIpc) is 2.97. The van der Waals surface area contributed by atoms with E-state index in [1.165, 1.54) is 0 Å². The summed E-state index contributed by atoms with van der Waals surface area (Å²) in [6.07, 6.45) is 0. The van der Waals surface area contributed by atoms with Crippen molar-refractivity contribution in [2.75, 3.05) is 45.8 Å². The molecule has 2 fully saturated rings. The first kappa shape index (κ1) is 21.6. The minimum Gasteiger partial charge on any atom is -0.338 e. The number of rotatable bonds is 5. The zero-order chi connectivity index (χ0) is 20.3. The van der Waals surface area contributed by atoms with Crippen molar-refractivity contribution >= 4 is 46.9 Å². The topological polar surface area (TPSA) is 55.9 Å². The number of urea groups is 1. The van der Waals surface area contributed by atoms with Crippen LogP contribution in [0.4, 0.5) is 4.79 Å². The van der Waals surface area contributed by atoms with E-state index in [0.29, 0.717) is 36.2 Å². The quantitative estimate of drug-likeness (QED) is 0.756. The van der Waals surface area contributed by atoms with Gasteiger partial charge in [-0.05, 0) is 31.5 Å². The van der Waals surface area contributed by atoms with Gasteiger partial charge in [-0.1, -0.05) is 29.3 Å². The van der Waals surface area contributed by atoms with Crippen LogP contribution in [0.15, 0.2) is 18.2 Å². The average molecular weight is 445 g/mol. The minimum atomic E-state index is -0.0750. The maximum atomic E-state index is 12.7. The van der Waals surface area contributed by atoms with Crippen LogP contribution in [0.25, 0.3) is 0 Å². The van der Waals surface area contributed by atoms with Gasteiger partial charge in [-0.15, -0.1) is 11.8 Å². The molecule has 0 bridgehead atoms. The standard InChI is InChI=1S/C19H26Cl2N4O2S/c1-3-22-19(27)24-9-6-23(7-10-24)8-11-25-17(26)13(2)28-18(25)14-4-5-15(20)16(21)12-14/h4-5,12-13,18H,3,6-11H2,1-2H3,(H,22,27). The highest BCUT2D eigenvalue weighted by atomic mass is 35.5. The Hall–Kier alpha value is -1.15. The van der Waals surface area contributed by atoms with Crippen molar-refractivity contribution in [3.63, 3.8) is 0 Å². The summed E-state index contributed by atoms with van der Waals surface area (Å²) in [5, 5.41) is 3.75. The van der Waals surface area contributed by atoms with Gasteiger partial charge in [-0.2, -0.15) is 0 Å². The summed E-state index contributed by atoms with van der Waals surface area (Å²) in [7, 11) is 0. The van der Waals surface area contributed by atoms with Gasteiger partial charge in [0.25, 0.3) is 0 Å². The summed E-state index contributed by atoms with van der Waals surface area (Å²) >= 11 is 13.9. The molecule has 2 heterocycles. The van der Waals surface area contributed by atoms with Crippen LogP contribution in [0.3, 0.4) is 0 Å². The van der Waals surface area contributed by atoms with Gasteiger partial charge >= 0.3 is 6.03 Å². The molecule has 0 aromatic heterocycles. The summed E-state index contributed by atoms with van der Waals surface area (Å²) < 4.78 is 0. The lowest BCUT2D eigenvalue weighted by Gasteiger charge is -2.36. The van der Waals surface area contributed by atoms with Gasteiger partial charge in [0.1, 0.15) is 5.37 Å². The summed E-state index contributed by atoms with van der Waals surface area (Å²) in [6.45, 7) is 9.01. The Bertz CT molecular complexity index is 728. The van der Waals surface area contributed by atoms with Crippen molar-refractivity contribution in [3.8, 4) is 0 Å². The second-order valence-corrected chi connectivity index (χ2v) is 9.24. The van der Waals surface area contributed by atoms with E-state index < -0.39 is 0 Å². The first-order valence-corrected chi connectivity index (χ1v) is 11.3. The fourth-order valence-corrected chi connectivity index (χ4v) is 5.12. The van der Waals surface area contributed by atoms with E-state index in [1.54, 1.807) is 17.8 Å². The number of nitrogens with zero attached hydrogens (tertiary/aromatic N) is 3. The molecule has 2 atom stereocenters. The highest BCUT2D eigenvalue weighted by molar-refractivity contribution is 8.01. The first-order valence-electron chi connectivity index (χ1n) is 9.56. The summed E-state index contributed by atoms with van der Waals surface area (Å²) in [4.78, 5) is 30.7. The number of hydrogen-bond donors (Lipinski definition) is 1. The second kappa shape index (κ2) is 9.57. The van der Waals surface area contributed by atoms with E-state index in [1.807, 2.05) is 35.8 Å². The van der Waals surface area contributed by atoms with Crippen molar-refractivity contribution in [2.24, 2.45) is 0 Å². The molecule has 1 aromatic carbocycles. The first-order chi connectivity index (χ1) is 13.4. The Kier molecular flexibility index (Phi) is 7.36. The number of nitrogens with one attached hydrogen (secondary N) is 1. The monoisotopic (exact) mass is 444 g/mol. The smallest absolute Gasteiger partial charge is 0.317 e. The molecule has 6 nitrogen and oxygen atoms in total. The van der Waals surface area contributed by atoms with E-state index >= 15 is 0 Å². The van der Waals surface area contributed by atoms with Gasteiger partial charge in [0.2, 0.25) is 5.91 Å². The molecule has 3 amide bonds. The van der Waals surface area contributed by atoms with Crippen LogP contribution in [0.1, 0.15) is 24.8 Å². The molecule has 154 valence electrons. The summed E-state index contributed by atoms with van der Waals surface area (Å²) in [5.74, 6) is 0.155. The van der Waals surface area contributed by atoms with Crippen molar-refractivity contribution in [1.29, 1.82) is 0 Å². The Morgan fingerprint density at radius 2 is 1.89 bits per heavy atom. The highest BCUT2D eigenvalue weighted by Crippen LogP contribution is 2.43. The molecule has 1 N–H and O–H groups in total. The summed E-state index contributed by atoms with van der Waals surface area (Å²) in [5.41, 5.74) is 0.998. The van der Waals surface area contributed by atoms with E-state index in [-0.39, 0.29) is 22.6 Å². The molecular weight excluding hydrogens is 419 g/mol. The van der Waals surface area contributed by atoms with Crippen molar-refractivity contribution < 1.29 is 9.59 Å². The van der Waals surface area contributed by atoms with Crippen LogP contribution in [-0.4, -0.2) is 77.7 Å². The molecule has 0 saturated carbocycles. The second-order valence-electron chi connectivity index (χ2n) is 7.00. The predicted octanol–water partition coefficient (Wildman–Crippen LogP) is 3.30. The molecule has 0 spiro atoms. The molecule has 2 saturated heterocycles. The Balaban J connectivity index is 1.58. The van der Waals surface area contributed by atoms with Gasteiger partial charge in [0.05, 0.1) is 15.3 Å². The highest BCUT2D eigenvalue weighted by Gasteiger charge is 2.38. The zero-order valence-corrected chi connectivity index (χ0v) is 18.5. The van der Waals surface area contributed by atoms with E-state index in [2.05, 4.69) is 10.2 Å². The predicted molar refractivity (Wildman–Crippen MR) is 115 cm³/mol. The van der Waals surface area contributed by atoms with E-state index in [9.17, 15) is 9.59 Å². The molecule has 2 aliphatic heterocycles. The number of piperazine rings is 1. The molecule has 0 aliphatic carbocycles. The number of amides is 3. The molecule has 2 unspecified atom stereocenters. The maximum absolute atomic E-state index is 12.7. The normalized spacial score (nSPS) is 23.4. The van der Waals surface area contributed by atoms with Gasteiger partial charge < -0.3 is 15.1 Å². The number of thioether (sulfide) groups is 1. The third-order valence-corrected chi connectivity index (χ3v) is 7.25. The molecule has 9 heteroatoms. The van der Waals surface area contributed by atoms with Gasteiger partial charge in [-0.25, -0.2) is 4.79 Å². The van der Waals surface area contributed by atoms with Crippen molar-refractivity contribution in [1.82, 2.24) is 20.0 Å². The van der Waals surface area contributed by atoms with Crippen LogP contribution in [-0.2, 0) is 4.79 Å². The third-order valence-electron chi connectivity index (χ3n) is 5.12. The lowest BCUT2D eigenvalue weighted by Crippen LogP contribution is -2.53. The molecule has 3 rings (SSSR count). The molecule has 1 aromatic rings. The molecular formula is C19H26Cl2N4O2S. The molecule has 2 aliphatic rings. The zero-order valence-electron chi connectivity index (χ0n) is 16.2. The van der Waals surface area contributed by atoms with Crippen LogP contribution < -0.4 is 5.32 Å². The SMILES string of the molecule is CCNC(=O)N1CCN(CCN2C(=O)C(C)SC2c2ccc(Cl)c(Cl)c2)CC1. The summed E-state index contributed by atoms with van der Waals surface area (Å²) in [6, 6.07) is 5.58. The Morgan fingerprint density at radius 1 is 1.18 bits per heavy atom. The van der Waals surface area contributed by atoms with E-state index in [4.69, 9.17) is 23.2 Å². The van der Waals surface area contributed by atoms with Crippen LogP contribution in [0, 0.1) is 0 Å². The lowest BCUT2D eigenvalue weighted by atomic mass is 10.2. The van der Waals surface area contributed by atoms with Crippen LogP contribution >= 0.6 is 35.0 Å². The van der Waals surface area contributed by atoms with E-state index in [0.717, 1.165) is 25.2 Å². The van der Waals surface area contributed by atoms with Crippen LogP contribution in [0.5, 0.6) is 0 Å². The van der Waals surface area contributed by atoms with Crippen molar-refractivity contribution in [3.05, 3.63) is 33.8 Å². The maximum Gasteiger partial charge on any atom is 0.317 e. The molecule has 28 heavy (non-hydrogen) atoms. The minimum absolute atomic E-state index is 0.00165. The Labute approximate surface area is 180 Å². The molecule has 0 radical (unpaired) electrons. The number of carbonyl (C=O) groups excluding carboxylic acids is 2. The van der Waals surface area contributed by atoms with Gasteiger partial charge in [-0.3, -0.25) is 9.69 Å². The van der Waals surface area contributed by atoms with Crippen molar-refractivity contribution in [2.45, 2.75) is 24.5 Å². The van der Waals surface area contributed by atoms with Gasteiger partial charge in [0, 0.05) is 45.8 Å². The number of hydrogen-bond acceptors (Lipinski definition) is 4. The number of carbonyl (C=O) groups is 2. The van der Waals surface area contributed by atoms with Gasteiger partial charge in [0.15, 0.2) is 0 Å². The fraction of sp³-hybridized carbons (Fsp3) is 0.579.